The van der Waals surface area contributed by atoms with E-state index < -0.39 is 0 Å². The number of likely N-dealkylation sites (N-methyl/N-ethyl adjacent to an activating group) is 1. The highest BCUT2D eigenvalue weighted by Gasteiger charge is 2.20. The summed E-state index contributed by atoms with van der Waals surface area (Å²) in [5, 5.41) is 3.42. The summed E-state index contributed by atoms with van der Waals surface area (Å²) in [5.74, 6) is 0.797. The first kappa shape index (κ1) is 10.0. The second-order valence-electron chi connectivity index (χ2n) is 4.13. The summed E-state index contributed by atoms with van der Waals surface area (Å²) in [6.07, 6.45) is 1.33. The molecule has 1 saturated heterocycles. The summed E-state index contributed by atoms with van der Waals surface area (Å²) < 4.78 is 0. The molecule has 0 amide bonds. The standard InChI is InChI=1S/C10H22N2/c1-4-12(8-9(2)3)10-5-6-11-7-10/h9-11H,4-8H2,1-3H3. The van der Waals surface area contributed by atoms with Crippen LogP contribution in [-0.4, -0.2) is 37.1 Å². The predicted octanol–water partition coefficient (Wildman–Crippen LogP) is 1.33. The molecule has 0 aromatic heterocycles. The van der Waals surface area contributed by atoms with Crippen molar-refractivity contribution in [2.45, 2.75) is 33.2 Å². The van der Waals surface area contributed by atoms with Crippen molar-refractivity contribution in [2.24, 2.45) is 5.92 Å². The zero-order valence-corrected chi connectivity index (χ0v) is 8.64. The third-order valence-electron chi connectivity index (χ3n) is 2.56. The average molecular weight is 170 g/mol. The zero-order valence-electron chi connectivity index (χ0n) is 8.64. The Hall–Kier alpha value is -0.0800. The molecule has 0 saturated carbocycles. The summed E-state index contributed by atoms with van der Waals surface area (Å²) >= 11 is 0. The van der Waals surface area contributed by atoms with E-state index in [0.717, 1.165) is 12.0 Å². The van der Waals surface area contributed by atoms with Crippen LogP contribution < -0.4 is 5.32 Å². The van der Waals surface area contributed by atoms with Gasteiger partial charge in [-0.2, -0.15) is 0 Å². The second kappa shape index (κ2) is 4.83. The van der Waals surface area contributed by atoms with Gasteiger partial charge in [0.1, 0.15) is 0 Å². The molecule has 0 aromatic carbocycles. The van der Waals surface area contributed by atoms with Crippen LogP contribution in [-0.2, 0) is 0 Å². The molecule has 0 aromatic rings. The molecular formula is C10H22N2. The molecule has 1 aliphatic rings. The van der Waals surface area contributed by atoms with E-state index in [1.54, 1.807) is 0 Å². The molecular weight excluding hydrogens is 148 g/mol. The van der Waals surface area contributed by atoms with Gasteiger partial charge in [0, 0.05) is 19.1 Å². The third-order valence-corrected chi connectivity index (χ3v) is 2.56. The Morgan fingerprint density at radius 1 is 1.50 bits per heavy atom. The van der Waals surface area contributed by atoms with Gasteiger partial charge in [-0.3, -0.25) is 4.90 Å². The molecule has 2 heteroatoms. The SMILES string of the molecule is CCN(CC(C)C)C1CCNC1. The normalized spacial score (nSPS) is 24.2. The Kier molecular flexibility index (Phi) is 4.02. The number of nitrogens with one attached hydrogen (secondary N) is 1. The molecule has 1 heterocycles. The minimum Gasteiger partial charge on any atom is -0.315 e. The van der Waals surface area contributed by atoms with Crippen molar-refractivity contribution in [3.63, 3.8) is 0 Å². The Morgan fingerprint density at radius 3 is 2.67 bits per heavy atom. The summed E-state index contributed by atoms with van der Waals surface area (Å²) in [4.78, 5) is 2.60. The number of hydrogen-bond acceptors (Lipinski definition) is 2. The molecule has 2 nitrogen and oxygen atoms in total. The first-order valence-electron chi connectivity index (χ1n) is 5.18. The van der Waals surface area contributed by atoms with Crippen LogP contribution in [0.3, 0.4) is 0 Å². The Labute approximate surface area is 76.3 Å². The average Bonchev–Trinajstić information content (AvgIpc) is 2.51. The lowest BCUT2D eigenvalue weighted by atomic mass is 10.1. The molecule has 1 fully saturated rings. The van der Waals surface area contributed by atoms with Crippen LogP contribution in [0.15, 0.2) is 0 Å². The second-order valence-corrected chi connectivity index (χ2v) is 4.13. The highest BCUT2D eigenvalue weighted by Crippen LogP contribution is 2.10. The van der Waals surface area contributed by atoms with E-state index in [1.165, 1.54) is 32.6 Å². The van der Waals surface area contributed by atoms with E-state index >= 15 is 0 Å². The van der Waals surface area contributed by atoms with Crippen molar-refractivity contribution in [3.8, 4) is 0 Å². The molecule has 0 radical (unpaired) electrons. The fraction of sp³-hybridized carbons (Fsp3) is 1.00. The molecule has 1 N–H and O–H groups in total. The molecule has 0 bridgehead atoms. The van der Waals surface area contributed by atoms with Gasteiger partial charge in [-0.05, 0) is 25.4 Å². The minimum absolute atomic E-state index is 0.797. The lowest BCUT2D eigenvalue weighted by Crippen LogP contribution is -2.39. The van der Waals surface area contributed by atoms with Gasteiger partial charge in [-0.15, -0.1) is 0 Å². The van der Waals surface area contributed by atoms with Crippen LogP contribution in [0, 0.1) is 5.92 Å². The maximum absolute atomic E-state index is 3.42. The first-order chi connectivity index (χ1) is 5.74. The highest BCUT2D eigenvalue weighted by molar-refractivity contribution is 4.80. The van der Waals surface area contributed by atoms with E-state index in [0.29, 0.717) is 0 Å². The topological polar surface area (TPSA) is 15.3 Å². The Balaban J connectivity index is 2.32. The van der Waals surface area contributed by atoms with Gasteiger partial charge in [-0.1, -0.05) is 20.8 Å². The van der Waals surface area contributed by atoms with Gasteiger partial charge in [0.25, 0.3) is 0 Å². The summed E-state index contributed by atoms with van der Waals surface area (Å²) in [6.45, 7) is 11.7. The Bertz CT molecular complexity index is 117. The maximum atomic E-state index is 3.42. The van der Waals surface area contributed by atoms with Crippen LogP contribution in [0.25, 0.3) is 0 Å². The zero-order chi connectivity index (χ0) is 8.97. The van der Waals surface area contributed by atoms with Crippen LogP contribution in [0.4, 0.5) is 0 Å². The molecule has 0 aliphatic carbocycles. The van der Waals surface area contributed by atoms with E-state index in [-0.39, 0.29) is 0 Å². The van der Waals surface area contributed by atoms with Crippen LogP contribution in [0.1, 0.15) is 27.2 Å². The van der Waals surface area contributed by atoms with Crippen molar-refractivity contribution < 1.29 is 0 Å². The molecule has 1 aliphatic heterocycles. The van der Waals surface area contributed by atoms with Crippen molar-refractivity contribution in [1.82, 2.24) is 10.2 Å². The van der Waals surface area contributed by atoms with Crippen molar-refractivity contribution >= 4 is 0 Å². The maximum Gasteiger partial charge on any atom is 0.0232 e. The van der Waals surface area contributed by atoms with Crippen molar-refractivity contribution in [1.29, 1.82) is 0 Å². The molecule has 1 rings (SSSR count). The van der Waals surface area contributed by atoms with Gasteiger partial charge in [-0.25, -0.2) is 0 Å². The number of hydrogen-bond donors (Lipinski definition) is 1. The van der Waals surface area contributed by atoms with Gasteiger partial charge < -0.3 is 5.32 Å². The number of rotatable bonds is 4. The Morgan fingerprint density at radius 2 is 2.25 bits per heavy atom. The fourth-order valence-corrected chi connectivity index (χ4v) is 1.96. The van der Waals surface area contributed by atoms with E-state index in [1.807, 2.05) is 0 Å². The first-order valence-corrected chi connectivity index (χ1v) is 5.18. The van der Waals surface area contributed by atoms with E-state index in [9.17, 15) is 0 Å². The minimum atomic E-state index is 0.797. The van der Waals surface area contributed by atoms with Crippen molar-refractivity contribution in [2.75, 3.05) is 26.2 Å². The lowest BCUT2D eigenvalue weighted by Gasteiger charge is -2.28. The molecule has 12 heavy (non-hydrogen) atoms. The molecule has 72 valence electrons. The molecule has 1 unspecified atom stereocenters. The summed E-state index contributed by atoms with van der Waals surface area (Å²) in [6, 6.07) is 0.803. The van der Waals surface area contributed by atoms with E-state index in [2.05, 4.69) is 31.0 Å². The monoisotopic (exact) mass is 170 g/mol. The summed E-state index contributed by atoms with van der Waals surface area (Å²) in [7, 11) is 0. The van der Waals surface area contributed by atoms with Crippen LogP contribution in [0.5, 0.6) is 0 Å². The van der Waals surface area contributed by atoms with Gasteiger partial charge in [0.15, 0.2) is 0 Å². The lowest BCUT2D eigenvalue weighted by molar-refractivity contribution is 0.195. The molecule has 0 spiro atoms. The predicted molar refractivity (Wildman–Crippen MR) is 53.4 cm³/mol. The summed E-state index contributed by atoms with van der Waals surface area (Å²) in [5.41, 5.74) is 0. The largest absolute Gasteiger partial charge is 0.315 e. The van der Waals surface area contributed by atoms with Gasteiger partial charge in [0.05, 0.1) is 0 Å². The van der Waals surface area contributed by atoms with Crippen LogP contribution >= 0.6 is 0 Å². The third kappa shape index (κ3) is 2.76. The molecule has 1 atom stereocenters. The van der Waals surface area contributed by atoms with Crippen LogP contribution in [0.2, 0.25) is 0 Å². The van der Waals surface area contributed by atoms with Gasteiger partial charge in [0.2, 0.25) is 0 Å². The number of nitrogens with zero attached hydrogens (tertiary/aromatic N) is 1. The fourth-order valence-electron chi connectivity index (χ4n) is 1.96. The highest BCUT2D eigenvalue weighted by atomic mass is 15.2. The van der Waals surface area contributed by atoms with Crippen molar-refractivity contribution in [3.05, 3.63) is 0 Å². The quantitative estimate of drug-likeness (QED) is 0.684. The van der Waals surface area contributed by atoms with E-state index in [4.69, 9.17) is 0 Å². The smallest absolute Gasteiger partial charge is 0.0232 e. The van der Waals surface area contributed by atoms with Gasteiger partial charge >= 0.3 is 0 Å².